The number of carbonyl (C=O) groups excluding carboxylic acids is 2. The average Bonchev–Trinajstić information content (AvgIpc) is 3.02. The fourth-order valence-electron chi connectivity index (χ4n) is 5.15. The monoisotopic (exact) mass is 659 g/mol. The van der Waals surface area contributed by atoms with Crippen molar-refractivity contribution in [2.24, 2.45) is 5.92 Å². The van der Waals surface area contributed by atoms with E-state index in [1.54, 1.807) is 48.5 Å². The molecule has 46 heavy (non-hydrogen) atoms. The minimum absolute atomic E-state index is 0.0528. The molecule has 7 nitrogen and oxygen atoms in total. The molecule has 0 bridgehead atoms. The number of hydrogen-bond donors (Lipinski definition) is 1. The van der Waals surface area contributed by atoms with Crippen molar-refractivity contribution in [2.45, 2.75) is 58.5 Å². The zero-order valence-electron chi connectivity index (χ0n) is 27.0. The van der Waals surface area contributed by atoms with E-state index in [4.69, 9.17) is 11.6 Å². The molecule has 2 amide bonds. The van der Waals surface area contributed by atoms with Gasteiger partial charge in [0.05, 0.1) is 10.6 Å². The summed E-state index contributed by atoms with van der Waals surface area (Å²) in [5.41, 5.74) is 4.46. The third kappa shape index (κ3) is 8.98. The van der Waals surface area contributed by atoms with Crippen LogP contribution in [-0.2, 0) is 32.6 Å². The second kappa shape index (κ2) is 15.4. The zero-order valence-corrected chi connectivity index (χ0v) is 28.6. The molecule has 0 aromatic heterocycles. The maximum atomic E-state index is 14.6. The molecular formula is C37H42ClN3O4S. The molecule has 4 rings (SSSR count). The first-order chi connectivity index (χ1) is 21.8. The molecule has 0 aliphatic carbocycles. The zero-order chi connectivity index (χ0) is 33.4. The van der Waals surface area contributed by atoms with Crippen molar-refractivity contribution < 1.29 is 18.0 Å². The number of benzene rings is 4. The van der Waals surface area contributed by atoms with Gasteiger partial charge in [-0.05, 0) is 79.3 Å². The van der Waals surface area contributed by atoms with E-state index in [0.29, 0.717) is 22.8 Å². The number of hydrogen-bond acceptors (Lipinski definition) is 4. The smallest absolute Gasteiger partial charge is 0.264 e. The summed E-state index contributed by atoms with van der Waals surface area (Å²) >= 11 is 6.33. The first-order valence-corrected chi connectivity index (χ1v) is 17.2. The Labute approximate surface area is 278 Å². The van der Waals surface area contributed by atoms with Gasteiger partial charge in [0.2, 0.25) is 11.8 Å². The highest BCUT2D eigenvalue weighted by Crippen LogP contribution is 2.29. The van der Waals surface area contributed by atoms with Crippen LogP contribution < -0.4 is 9.62 Å². The molecule has 0 spiro atoms. The lowest BCUT2D eigenvalue weighted by Gasteiger charge is -2.34. The van der Waals surface area contributed by atoms with E-state index in [1.165, 1.54) is 9.21 Å². The van der Waals surface area contributed by atoms with Crippen LogP contribution in [0.25, 0.3) is 0 Å². The Bertz CT molecular complexity index is 1760. The maximum absolute atomic E-state index is 14.6. The fourth-order valence-corrected chi connectivity index (χ4v) is 6.83. The Kier molecular flexibility index (Phi) is 11.7. The second-order valence-electron chi connectivity index (χ2n) is 12.1. The predicted molar refractivity (Wildman–Crippen MR) is 185 cm³/mol. The highest BCUT2D eigenvalue weighted by atomic mass is 35.5. The summed E-state index contributed by atoms with van der Waals surface area (Å²) < 4.78 is 29.8. The van der Waals surface area contributed by atoms with Gasteiger partial charge in [0, 0.05) is 24.5 Å². The number of aryl methyl sites for hydroxylation is 3. The molecule has 0 aliphatic heterocycles. The molecular weight excluding hydrogens is 618 g/mol. The second-order valence-corrected chi connectivity index (χ2v) is 14.4. The molecule has 0 heterocycles. The van der Waals surface area contributed by atoms with Crippen LogP contribution in [0.1, 0.15) is 41.7 Å². The molecule has 0 saturated heterocycles. The molecule has 4 aromatic rings. The topological polar surface area (TPSA) is 86.8 Å². The molecule has 1 unspecified atom stereocenters. The minimum atomic E-state index is -4.18. The molecule has 242 valence electrons. The summed E-state index contributed by atoms with van der Waals surface area (Å²) in [5.74, 6) is -0.636. The quantitative estimate of drug-likeness (QED) is 0.170. The van der Waals surface area contributed by atoms with Gasteiger partial charge in [-0.2, -0.15) is 0 Å². The van der Waals surface area contributed by atoms with Crippen LogP contribution in [0.4, 0.5) is 5.69 Å². The number of anilines is 1. The molecule has 1 N–H and O–H groups in total. The molecule has 9 heteroatoms. The van der Waals surface area contributed by atoms with E-state index < -0.39 is 28.5 Å². The van der Waals surface area contributed by atoms with Crippen LogP contribution in [0.2, 0.25) is 5.02 Å². The predicted octanol–water partition coefficient (Wildman–Crippen LogP) is 6.87. The Morgan fingerprint density at radius 3 is 2.11 bits per heavy atom. The maximum Gasteiger partial charge on any atom is 0.264 e. The minimum Gasteiger partial charge on any atom is -0.354 e. The van der Waals surface area contributed by atoms with Gasteiger partial charge in [0.25, 0.3) is 10.0 Å². The van der Waals surface area contributed by atoms with E-state index in [1.807, 2.05) is 83.1 Å². The summed E-state index contributed by atoms with van der Waals surface area (Å²) in [6, 6.07) is 27.8. The number of amides is 2. The van der Waals surface area contributed by atoms with Gasteiger partial charge < -0.3 is 10.2 Å². The van der Waals surface area contributed by atoms with Crippen molar-refractivity contribution in [3.8, 4) is 0 Å². The standard InChI is InChI=1S/C37H42ClN3O4S/c1-26(2)23-39-37(43)35(22-30-10-7-6-8-11-30)40(24-31-12-9-13-32(38)21-31)36(42)25-41(34-20-28(4)14-17-29(34)5)46(44,45)33-18-15-27(3)16-19-33/h6-21,26,35H,22-25H2,1-5H3,(H,39,43). The normalized spacial score (nSPS) is 12.1. The Morgan fingerprint density at radius 1 is 0.804 bits per heavy atom. The van der Waals surface area contributed by atoms with Crippen molar-refractivity contribution in [1.82, 2.24) is 10.2 Å². The van der Waals surface area contributed by atoms with Crippen molar-refractivity contribution in [3.63, 3.8) is 0 Å². The molecule has 0 saturated carbocycles. The van der Waals surface area contributed by atoms with Crippen LogP contribution in [0, 0.1) is 26.7 Å². The lowest BCUT2D eigenvalue weighted by molar-refractivity contribution is -0.140. The third-order valence-corrected chi connectivity index (χ3v) is 9.73. The highest BCUT2D eigenvalue weighted by molar-refractivity contribution is 7.92. The summed E-state index contributed by atoms with van der Waals surface area (Å²) in [6.07, 6.45) is 0.241. The molecule has 1 atom stereocenters. The third-order valence-electron chi connectivity index (χ3n) is 7.72. The number of nitrogens with one attached hydrogen (secondary N) is 1. The molecule has 4 aromatic carbocycles. The lowest BCUT2D eigenvalue weighted by Crippen LogP contribution is -2.53. The summed E-state index contributed by atoms with van der Waals surface area (Å²) in [5, 5.41) is 3.50. The van der Waals surface area contributed by atoms with Gasteiger partial charge in [-0.25, -0.2) is 8.42 Å². The first kappa shape index (κ1) is 34.7. The van der Waals surface area contributed by atoms with Crippen LogP contribution in [0.15, 0.2) is 102 Å². The SMILES string of the molecule is Cc1ccc(S(=O)(=O)N(CC(=O)N(Cc2cccc(Cl)c2)C(Cc2ccccc2)C(=O)NCC(C)C)c2cc(C)ccc2C)cc1. The van der Waals surface area contributed by atoms with Gasteiger partial charge in [0.15, 0.2) is 0 Å². The summed E-state index contributed by atoms with van der Waals surface area (Å²) in [4.78, 5) is 30.1. The average molecular weight is 660 g/mol. The summed E-state index contributed by atoms with van der Waals surface area (Å²) in [7, 11) is -4.18. The molecule has 0 fully saturated rings. The van der Waals surface area contributed by atoms with E-state index in [2.05, 4.69) is 5.32 Å². The van der Waals surface area contributed by atoms with E-state index in [0.717, 1.165) is 22.3 Å². The number of nitrogens with zero attached hydrogens (tertiary/aromatic N) is 2. The van der Waals surface area contributed by atoms with E-state index in [9.17, 15) is 18.0 Å². The first-order valence-electron chi connectivity index (χ1n) is 15.4. The van der Waals surface area contributed by atoms with Crippen LogP contribution in [-0.4, -0.2) is 44.3 Å². The fraction of sp³-hybridized carbons (Fsp3) is 0.297. The molecule has 0 radical (unpaired) electrons. The van der Waals surface area contributed by atoms with Gasteiger partial charge in [-0.1, -0.05) is 97.7 Å². The lowest BCUT2D eigenvalue weighted by atomic mass is 10.0. The van der Waals surface area contributed by atoms with Crippen LogP contribution in [0.5, 0.6) is 0 Å². The van der Waals surface area contributed by atoms with E-state index >= 15 is 0 Å². The van der Waals surface area contributed by atoms with Crippen molar-refractivity contribution in [2.75, 3.05) is 17.4 Å². The van der Waals surface area contributed by atoms with Crippen molar-refractivity contribution >= 4 is 39.1 Å². The van der Waals surface area contributed by atoms with Crippen LogP contribution >= 0.6 is 11.6 Å². The van der Waals surface area contributed by atoms with E-state index in [-0.39, 0.29) is 29.7 Å². The van der Waals surface area contributed by atoms with Crippen LogP contribution in [0.3, 0.4) is 0 Å². The van der Waals surface area contributed by atoms with Gasteiger partial charge in [-0.15, -0.1) is 0 Å². The number of halogens is 1. The molecule has 0 aliphatic rings. The Hall–Kier alpha value is -4.14. The van der Waals surface area contributed by atoms with Gasteiger partial charge in [0.1, 0.15) is 12.6 Å². The highest BCUT2D eigenvalue weighted by Gasteiger charge is 2.35. The Balaban J connectivity index is 1.83. The summed E-state index contributed by atoms with van der Waals surface area (Å²) in [6.45, 7) is 9.55. The largest absolute Gasteiger partial charge is 0.354 e. The number of carbonyl (C=O) groups is 2. The van der Waals surface area contributed by atoms with Crippen molar-refractivity contribution in [3.05, 3.63) is 130 Å². The van der Waals surface area contributed by atoms with Gasteiger partial charge >= 0.3 is 0 Å². The van der Waals surface area contributed by atoms with Gasteiger partial charge in [-0.3, -0.25) is 13.9 Å². The van der Waals surface area contributed by atoms with Crippen molar-refractivity contribution in [1.29, 1.82) is 0 Å². The number of rotatable bonds is 13. The Morgan fingerprint density at radius 2 is 1.46 bits per heavy atom. The number of sulfonamides is 1.